The van der Waals surface area contributed by atoms with Gasteiger partial charge in [0.25, 0.3) is 0 Å². The Morgan fingerprint density at radius 2 is 1.58 bits per heavy atom. The molecule has 1 aromatic rings. The summed E-state index contributed by atoms with van der Waals surface area (Å²) in [7, 11) is -1.67. The van der Waals surface area contributed by atoms with E-state index in [0.717, 1.165) is 23.9 Å². The molecule has 0 saturated carbocycles. The lowest BCUT2D eigenvalue weighted by atomic mass is 10.3. The Labute approximate surface area is 117 Å². The second-order valence-electron chi connectivity index (χ2n) is 4.86. The molecule has 3 nitrogen and oxygen atoms in total. The van der Waals surface area contributed by atoms with Crippen molar-refractivity contribution in [3.05, 3.63) is 30.3 Å². The van der Waals surface area contributed by atoms with Crippen molar-refractivity contribution in [2.45, 2.75) is 51.9 Å². The van der Waals surface area contributed by atoms with E-state index in [1.54, 1.807) is 0 Å². The highest BCUT2D eigenvalue weighted by Crippen LogP contribution is 2.22. The lowest BCUT2D eigenvalue weighted by Gasteiger charge is -2.27. The van der Waals surface area contributed by atoms with E-state index in [4.69, 9.17) is 14.2 Å². The van der Waals surface area contributed by atoms with E-state index >= 15 is 0 Å². The third-order valence-corrected chi connectivity index (χ3v) is 7.87. The molecule has 0 aliphatic carbocycles. The molecular weight excluding hydrogens is 256 g/mol. The summed E-state index contributed by atoms with van der Waals surface area (Å²) in [5.74, 6) is 0.864. The van der Waals surface area contributed by atoms with E-state index in [1.165, 1.54) is 0 Å². The van der Waals surface area contributed by atoms with Crippen LogP contribution in [0.4, 0.5) is 0 Å². The zero-order chi connectivity index (χ0) is 14.1. The third-order valence-electron chi connectivity index (χ3n) is 3.55. The van der Waals surface area contributed by atoms with Gasteiger partial charge in [-0.05, 0) is 37.2 Å². The molecule has 19 heavy (non-hydrogen) atoms. The second kappa shape index (κ2) is 8.35. The van der Waals surface area contributed by atoms with E-state index in [-0.39, 0.29) is 6.10 Å². The fourth-order valence-electron chi connectivity index (χ4n) is 1.87. The minimum Gasteiger partial charge on any atom is -0.491 e. The Hall–Kier alpha value is -0.843. The molecule has 0 amide bonds. The van der Waals surface area contributed by atoms with Gasteiger partial charge in [0.15, 0.2) is 0 Å². The predicted octanol–water partition coefficient (Wildman–Crippen LogP) is 4.41. The van der Waals surface area contributed by atoms with Gasteiger partial charge in [-0.3, -0.25) is 4.58 Å². The smallest absolute Gasteiger partial charge is 0.238 e. The van der Waals surface area contributed by atoms with Crippen LogP contribution in [0.3, 0.4) is 0 Å². The number of hydrogen-bond acceptors (Lipinski definition) is 3. The first-order valence-electron chi connectivity index (χ1n) is 7.18. The summed E-state index contributed by atoms with van der Waals surface area (Å²) in [4.78, 5) is 5.54. The summed E-state index contributed by atoms with van der Waals surface area (Å²) in [5.41, 5.74) is 0. The van der Waals surface area contributed by atoms with Crippen molar-refractivity contribution in [2.75, 3.05) is 6.61 Å². The average molecular weight is 282 g/mol. The lowest BCUT2D eigenvalue weighted by Crippen LogP contribution is -2.37. The fraction of sp³-hybridized carbons (Fsp3) is 0.600. The minimum absolute atomic E-state index is 0.0586. The van der Waals surface area contributed by atoms with Crippen LogP contribution in [0, 0.1) is 0 Å². The van der Waals surface area contributed by atoms with Crippen LogP contribution in [0.15, 0.2) is 30.3 Å². The molecular formula is C15H26O3Si. The van der Waals surface area contributed by atoms with Crippen LogP contribution in [-0.2, 0) is 9.46 Å². The largest absolute Gasteiger partial charge is 0.491 e. The normalized spacial score (nSPS) is 13.3. The van der Waals surface area contributed by atoms with Gasteiger partial charge in [0.05, 0.1) is 0 Å². The number of para-hydroxylation sites is 1. The van der Waals surface area contributed by atoms with Crippen molar-refractivity contribution < 1.29 is 14.2 Å². The van der Waals surface area contributed by atoms with Gasteiger partial charge in [0, 0.05) is 0 Å². The first kappa shape index (κ1) is 16.2. The van der Waals surface area contributed by atoms with Crippen molar-refractivity contribution in [1.82, 2.24) is 0 Å². The van der Waals surface area contributed by atoms with Crippen LogP contribution in [0.2, 0.25) is 18.1 Å². The highest BCUT2D eigenvalue weighted by atomic mass is 28.4. The third kappa shape index (κ3) is 5.34. The van der Waals surface area contributed by atoms with Crippen molar-refractivity contribution in [3.8, 4) is 5.75 Å². The van der Waals surface area contributed by atoms with Gasteiger partial charge >= 0.3 is 0 Å². The topological polar surface area (TPSA) is 27.7 Å². The molecule has 1 atom stereocenters. The fourth-order valence-corrected chi connectivity index (χ4v) is 4.09. The van der Waals surface area contributed by atoms with E-state index in [1.807, 2.05) is 37.3 Å². The first-order chi connectivity index (χ1) is 9.15. The summed E-state index contributed by atoms with van der Waals surface area (Å²) < 4.78 is 11.4. The van der Waals surface area contributed by atoms with Gasteiger partial charge in [-0.15, -0.1) is 0 Å². The predicted molar refractivity (Wildman–Crippen MR) is 80.8 cm³/mol. The molecule has 1 aromatic carbocycles. The molecule has 0 aliphatic rings. The van der Waals surface area contributed by atoms with Crippen molar-refractivity contribution in [1.29, 1.82) is 0 Å². The van der Waals surface area contributed by atoms with Crippen LogP contribution >= 0.6 is 0 Å². The molecule has 0 saturated heterocycles. The summed E-state index contributed by atoms with van der Waals surface area (Å²) in [6, 6.07) is 13.0. The Bertz CT molecular complexity index is 330. The van der Waals surface area contributed by atoms with E-state index in [2.05, 4.69) is 20.8 Å². The quantitative estimate of drug-likeness (QED) is 0.381. The highest BCUT2D eigenvalue weighted by Gasteiger charge is 2.31. The maximum absolute atomic E-state index is 5.79. The standard InChI is InChI=1S/C15H26O3Si/c1-5-19(6-2,7-3)18-17-14(4)13-16-15-11-9-8-10-12-15/h8-12,14H,5-7,13H2,1-4H3. The maximum Gasteiger partial charge on any atom is 0.238 e. The number of rotatable bonds is 9. The van der Waals surface area contributed by atoms with Gasteiger partial charge in [0.2, 0.25) is 8.32 Å². The van der Waals surface area contributed by atoms with E-state index in [0.29, 0.717) is 6.61 Å². The molecule has 4 heteroatoms. The minimum atomic E-state index is -1.67. The maximum atomic E-state index is 5.79. The van der Waals surface area contributed by atoms with E-state index < -0.39 is 8.32 Å². The Balaban J connectivity index is 2.33. The van der Waals surface area contributed by atoms with Crippen LogP contribution < -0.4 is 4.74 Å². The molecule has 0 aliphatic heterocycles. The first-order valence-corrected chi connectivity index (χ1v) is 9.71. The second-order valence-corrected chi connectivity index (χ2v) is 9.51. The monoisotopic (exact) mass is 282 g/mol. The lowest BCUT2D eigenvalue weighted by molar-refractivity contribution is -0.257. The average Bonchev–Trinajstić information content (AvgIpc) is 2.48. The Morgan fingerprint density at radius 1 is 1.00 bits per heavy atom. The van der Waals surface area contributed by atoms with E-state index in [9.17, 15) is 0 Å². The highest BCUT2D eigenvalue weighted by molar-refractivity contribution is 6.73. The van der Waals surface area contributed by atoms with Gasteiger partial charge in [-0.25, -0.2) is 4.89 Å². The zero-order valence-electron chi connectivity index (χ0n) is 12.5. The molecule has 0 bridgehead atoms. The van der Waals surface area contributed by atoms with Gasteiger partial charge in [-0.2, -0.15) is 0 Å². The summed E-state index contributed by atoms with van der Waals surface area (Å²) in [6.07, 6.45) is -0.0586. The molecule has 0 radical (unpaired) electrons. The number of benzene rings is 1. The Kier molecular flexibility index (Phi) is 7.13. The van der Waals surface area contributed by atoms with Crippen molar-refractivity contribution >= 4 is 8.32 Å². The molecule has 0 heterocycles. The van der Waals surface area contributed by atoms with Crippen molar-refractivity contribution in [3.63, 3.8) is 0 Å². The molecule has 0 N–H and O–H groups in total. The van der Waals surface area contributed by atoms with Crippen molar-refractivity contribution in [2.24, 2.45) is 0 Å². The number of hydrogen-bond donors (Lipinski definition) is 0. The molecule has 1 unspecified atom stereocenters. The SMILES string of the molecule is CC[Si](CC)(CC)OOC(C)COc1ccccc1. The molecule has 1 rings (SSSR count). The molecule has 108 valence electrons. The van der Waals surface area contributed by atoms with Crippen LogP contribution in [-0.4, -0.2) is 21.0 Å². The van der Waals surface area contributed by atoms with Gasteiger partial charge < -0.3 is 4.74 Å². The molecule has 0 spiro atoms. The van der Waals surface area contributed by atoms with Crippen LogP contribution in [0.1, 0.15) is 27.7 Å². The summed E-state index contributed by atoms with van der Waals surface area (Å²) >= 11 is 0. The van der Waals surface area contributed by atoms with Crippen LogP contribution in [0.5, 0.6) is 5.75 Å². The molecule has 0 fully saturated rings. The molecule has 0 aromatic heterocycles. The Morgan fingerprint density at radius 3 is 2.11 bits per heavy atom. The van der Waals surface area contributed by atoms with Gasteiger partial charge in [-0.1, -0.05) is 39.0 Å². The van der Waals surface area contributed by atoms with Crippen LogP contribution in [0.25, 0.3) is 0 Å². The van der Waals surface area contributed by atoms with Gasteiger partial charge in [0.1, 0.15) is 18.5 Å². The summed E-state index contributed by atoms with van der Waals surface area (Å²) in [5, 5.41) is 0. The summed E-state index contributed by atoms with van der Waals surface area (Å²) in [6.45, 7) is 9.05. The zero-order valence-corrected chi connectivity index (χ0v) is 13.5. The number of ether oxygens (including phenoxy) is 1.